The molecule has 6 heterocycles. The lowest BCUT2D eigenvalue weighted by atomic mass is 9.93. The number of rotatable bonds is 9. The summed E-state index contributed by atoms with van der Waals surface area (Å²) in [5.74, 6) is 3.28. The fourth-order valence-corrected chi connectivity index (χ4v) is 18.4. The highest BCUT2D eigenvalue weighted by molar-refractivity contribution is 6.26. The number of hydrogen-bond acceptors (Lipinski definition) is 8. The van der Waals surface area contributed by atoms with Crippen molar-refractivity contribution >= 4 is 142 Å². The van der Waals surface area contributed by atoms with Crippen LogP contribution in [0.25, 0.3) is 233 Å². The molecule has 16 aromatic carbocycles. The van der Waals surface area contributed by atoms with Gasteiger partial charge in [0, 0.05) is 82.5 Å². The van der Waals surface area contributed by atoms with Crippen LogP contribution in [-0.2, 0) is 12.8 Å². The molecule has 0 radical (unpaired) electrons. The molecular formula is C102H62N8O2. The molecular weight excluding hydrogens is 1370 g/mol. The predicted octanol–water partition coefficient (Wildman–Crippen LogP) is 26.3. The lowest BCUT2D eigenvalue weighted by Gasteiger charge is -2.20. The molecule has 0 saturated carbocycles. The molecule has 0 saturated heterocycles. The van der Waals surface area contributed by atoms with Gasteiger partial charge in [0.05, 0.1) is 33.5 Å². The van der Waals surface area contributed by atoms with Gasteiger partial charge >= 0.3 is 0 Å². The summed E-state index contributed by atoms with van der Waals surface area (Å²) in [4.78, 5) is 33.3. The average molecular weight is 1430 g/mol. The third kappa shape index (κ3) is 9.51. The van der Waals surface area contributed by atoms with Crippen LogP contribution in [0.1, 0.15) is 35.4 Å². The molecule has 522 valence electrons. The molecule has 0 fully saturated rings. The Morgan fingerprint density at radius 3 is 1.46 bits per heavy atom. The van der Waals surface area contributed by atoms with E-state index in [0.717, 1.165) is 174 Å². The minimum absolute atomic E-state index is 0.514. The number of furan rings is 2. The van der Waals surface area contributed by atoms with Crippen LogP contribution < -0.4 is 0 Å². The summed E-state index contributed by atoms with van der Waals surface area (Å²) in [5.41, 5.74) is 19.3. The van der Waals surface area contributed by atoms with Gasteiger partial charge in [-0.2, -0.15) is 0 Å². The summed E-state index contributed by atoms with van der Waals surface area (Å²) in [7, 11) is 0. The Morgan fingerprint density at radius 2 is 0.759 bits per heavy atom. The third-order valence-corrected chi connectivity index (χ3v) is 23.5. The van der Waals surface area contributed by atoms with E-state index in [1.807, 2.05) is 42.5 Å². The Hall–Kier alpha value is -14.7. The number of para-hydroxylation sites is 1. The van der Waals surface area contributed by atoms with E-state index in [4.69, 9.17) is 38.7 Å². The number of nitrogens with zero attached hydrogens (tertiary/aromatic N) is 8. The van der Waals surface area contributed by atoms with Crippen molar-refractivity contribution in [2.45, 2.75) is 25.7 Å². The first-order valence-electron chi connectivity index (χ1n) is 38.4. The summed E-state index contributed by atoms with van der Waals surface area (Å²) < 4.78 is 19.7. The minimum atomic E-state index is 0.514. The molecule has 0 N–H and O–H groups in total. The standard InChI is InChI=1S/C102H62N8O2/c1-3-24-60(25-4-1)97-103-99(69-46-45-59-23-7-8-28-62(59)53-69)107-101(105-97)92-85(109-83-42-18-15-33-74(83)81-55-63-29-9-11-31-65(63)57-86(81)109)51-50-80-90-71-49-47-67(54-68(71)48-52-89(90)112-95(80)92)70-38-21-40-73-72(70)39-22-41-78(73)100-104-98(61-26-5-2-6-27-61)106-102(108-100)93-94(77-36-14-13-35-76(77)91-79-37-17-20-44-88(79)111-96(91)93)110-84-43-19-16-34-75(84)82-56-64-30-10-12-32-66(64)58-87(82)110/h1-17,20-41,44-58H,18-19,42-43H2. The average Bonchev–Trinajstić information content (AvgIpc) is 1.51. The molecule has 10 heteroatoms. The van der Waals surface area contributed by atoms with Crippen LogP contribution in [0.4, 0.5) is 0 Å². The summed E-state index contributed by atoms with van der Waals surface area (Å²) in [6.45, 7) is 0. The van der Waals surface area contributed by atoms with Gasteiger partial charge in [-0.25, -0.2) is 29.9 Å². The molecule has 6 aromatic heterocycles. The van der Waals surface area contributed by atoms with Crippen molar-refractivity contribution in [3.05, 3.63) is 338 Å². The minimum Gasteiger partial charge on any atom is -0.455 e. The Balaban J connectivity index is 0.703. The fraction of sp³-hybridized carbons (Fsp3) is 0.0392. The third-order valence-electron chi connectivity index (χ3n) is 23.5. The van der Waals surface area contributed by atoms with Gasteiger partial charge < -0.3 is 18.0 Å². The van der Waals surface area contributed by atoms with Crippen molar-refractivity contribution in [3.8, 4) is 90.8 Å². The van der Waals surface area contributed by atoms with Gasteiger partial charge in [0.2, 0.25) is 0 Å². The molecule has 0 unspecified atom stereocenters. The van der Waals surface area contributed by atoms with E-state index in [2.05, 4.69) is 294 Å². The number of hydrogen-bond donors (Lipinski definition) is 0. The zero-order valence-electron chi connectivity index (χ0n) is 60.4. The van der Waals surface area contributed by atoms with E-state index < -0.39 is 0 Å². The zero-order chi connectivity index (χ0) is 73.2. The van der Waals surface area contributed by atoms with Crippen LogP contribution in [0.2, 0.25) is 0 Å². The van der Waals surface area contributed by atoms with Crippen LogP contribution in [0.3, 0.4) is 0 Å². The van der Waals surface area contributed by atoms with Crippen LogP contribution in [0, 0.1) is 0 Å². The number of aromatic nitrogens is 8. The quantitative estimate of drug-likeness (QED) is 0.140. The summed E-state index contributed by atoms with van der Waals surface area (Å²) in [6.07, 6.45) is 12.8. The van der Waals surface area contributed by atoms with Crippen molar-refractivity contribution in [1.82, 2.24) is 39.0 Å². The second kappa shape index (κ2) is 24.4. The maximum absolute atomic E-state index is 7.44. The van der Waals surface area contributed by atoms with Gasteiger partial charge in [-0.3, -0.25) is 0 Å². The Morgan fingerprint density at radius 1 is 0.268 bits per heavy atom. The summed E-state index contributed by atoms with van der Waals surface area (Å²) in [5, 5.41) is 19.8. The summed E-state index contributed by atoms with van der Waals surface area (Å²) in [6, 6.07) is 108. The summed E-state index contributed by atoms with van der Waals surface area (Å²) >= 11 is 0. The first-order valence-corrected chi connectivity index (χ1v) is 38.4. The molecule has 2 aliphatic carbocycles. The molecule has 0 bridgehead atoms. The highest BCUT2D eigenvalue weighted by Gasteiger charge is 2.32. The molecule has 2 aliphatic rings. The van der Waals surface area contributed by atoms with Gasteiger partial charge in [-0.15, -0.1) is 0 Å². The maximum atomic E-state index is 7.44. The van der Waals surface area contributed by atoms with Crippen LogP contribution in [0.5, 0.6) is 0 Å². The molecule has 24 rings (SSSR count). The van der Waals surface area contributed by atoms with Crippen molar-refractivity contribution in [2.75, 3.05) is 0 Å². The van der Waals surface area contributed by atoms with Crippen LogP contribution in [-0.4, -0.2) is 39.0 Å². The van der Waals surface area contributed by atoms with E-state index in [-0.39, 0.29) is 0 Å². The normalized spacial score (nSPS) is 13.0. The Bertz CT molecular complexity index is 7890. The highest BCUT2D eigenvalue weighted by atomic mass is 16.3. The van der Waals surface area contributed by atoms with Gasteiger partial charge in [-0.05, 0) is 157 Å². The molecule has 0 aliphatic heterocycles. The van der Waals surface area contributed by atoms with Crippen LogP contribution >= 0.6 is 0 Å². The van der Waals surface area contributed by atoms with Gasteiger partial charge in [0.1, 0.15) is 22.3 Å². The second-order valence-corrected chi connectivity index (χ2v) is 29.7. The van der Waals surface area contributed by atoms with Gasteiger partial charge in [0.25, 0.3) is 0 Å². The first-order chi connectivity index (χ1) is 55.5. The fourth-order valence-electron chi connectivity index (χ4n) is 18.4. The molecule has 112 heavy (non-hydrogen) atoms. The second-order valence-electron chi connectivity index (χ2n) is 29.7. The number of fused-ring (bicyclic) bond motifs is 20. The topological polar surface area (TPSA) is 113 Å². The number of benzene rings is 16. The monoisotopic (exact) mass is 1430 g/mol. The van der Waals surface area contributed by atoms with Gasteiger partial charge in [-0.1, -0.05) is 267 Å². The van der Waals surface area contributed by atoms with Crippen molar-refractivity contribution in [1.29, 1.82) is 0 Å². The maximum Gasteiger partial charge on any atom is 0.170 e. The van der Waals surface area contributed by atoms with E-state index in [9.17, 15) is 0 Å². The molecule has 10 nitrogen and oxygen atoms in total. The van der Waals surface area contributed by atoms with Gasteiger partial charge in [0.15, 0.2) is 34.9 Å². The lowest BCUT2D eigenvalue weighted by molar-refractivity contribution is 0.669. The van der Waals surface area contributed by atoms with Crippen molar-refractivity contribution in [3.63, 3.8) is 0 Å². The van der Waals surface area contributed by atoms with Crippen LogP contribution in [0.15, 0.2) is 324 Å². The molecule has 0 atom stereocenters. The smallest absolute Gasteiger partial charge is 0.170 e. The highest BCUT2D eigenvalue weighted by Crippen LogP contribution is 2.51. The molecule has 0 amide bonds. The lowest BCUT2D eigenvalue weighted by Crippen LogP contribution is -2.08. The van der Waals surface area contributed by atoms with E-state index in [1.54, 1.807) is 0 Å². The van der Waals surface area contributed by atoms with Crippen molar-refractivity contribution in [2.24, 2.45) is 0 Å². The first kappa shape index (κ1) is 62.3. The Labute approximate surface area is 640 Å². The zero-order valence-corrected chi connectivity index (χ0v) is 60.4. The van der Waals surface area contributed by atoms with E-state index in [0.29, 0.717) is 40.5 Å². The van der Waals surface area contributed by atoms with E-state index in [1.165, 1.54) is 54.8 Å². The largest absolute Gasteiger partial charge is 0.455 e. The Kier molecular flexibility index (Phi) is 13.6. The predicted molar refractivity (Wildman–Crippen MR) is 459 cm³/mol. The number of allylic oxidation sites excluding steroid dienone is 2. The van der Waals surface area contributed by atoms with E-state index >= 15 is 0 Å². The van der Waals surface area contributed by atoms with Crippen molar-refractivity contribution < 1.29 is 8.83 Å². The molecule has 0 spiro atoms. The SMILES string of the molecule is C1=Cc2c(n(-c3ccc4c(oc5ccc6cc(-c7cccc8c(-c9nc(-c%10ccccc%10)nc(-c%10c(-n%11c%12c(c%13cc%14ccccc%14cc%13%11)C=CCC%12)c%11ccccc%11c%11c%10oc%10ccccc%10%11)n9)cccc78)ccc6c54)c3-c3nc(-c4ccccc4)nc(-c4ccc5ccccc5c4)n3)c3cc4ccccc4cc23)CC1. The molecule has 22 aromatic rings.